The fourth-order valence-corrected chi connectivity index (χ4v) is 5.58. The van der Waals surface area contributed by atoms with Crippen molar-refractivity contribution in [3.63, 3.8) is 0 Å². The second kappa shape index (κ2) is 7.56. The lowest BCUT2D eigenvalue weighted by Crippen LogP contribution is -2.46. The number of ketones is 1. The summed E-state index contributed by atoms with van der Waals surface area (Å²) in [6.07, 6.45) is 3.46. The highest BCUT2D eigenvalue weighted by Crippen LogP contribution is 2.52. The standard InChI is InChI=1S/C27H23N3O3/c1-16-21-14-13-20-23(17-7-5-4-6-8-17)29-30(19-11-9-18(10-12-19)26(32)33)25(20)27(21,2)15-22(28-3)24(16)31/h4-12,15-16,21H,13-14H2,1-2H3,(H,32,33)/t16-,21-,27-/m1/s1. The Labute approximate surface area is 192 Å². The molecule has 33 heavy (non-hydrogen) atoms. The smallest absolute Gasteiger partial charge is 0.335 e. The van der Waals surface area contributed by atoms with Crippen LogP contribution in [-0.2, 0) is 16.6 Å². The lowest BCUT2D eigenvalue weighted by molar-refractivity contribution is -0.121. The van der Waals surface area contributed by atoms with E-state index in [1.165, 1.54) is 0 Å². The van der Waals surface area contributed by atoms with Gasteiger partial charge in [-0.15, -0.1) is 0 Å². The van der Waals surface area contributed by atoms with Gasteiger partial charge in [-0.3, -0.25) is 0 Å². The number of hydrogen-bond acceptors (Lipinski definition) is 3. The van der Waals surface area contributed by atoms with Gasteiger partial charge in [0.15, 0.2) is 5.78 Å². The van der Waals surface area contributed by atoms with Crippen molar-refractivity contribution in [1.29, 1.82) is 0 Å². The van der Waals surface area contributed by atoms with E-state index in [1.807, 2.05) is 48.0 Å². The van der Waals surface area contributed by atoms with Gasteiger partial charge in [0.25, 0.3) is 0 Å². The normalized spacial score (nSPS) is 23.8. The molecular weight excluding hydrogens is 414 g/mol. The molecule has 1 heterocycles. The Hall–Kier alpha value is -3.98. The lowest BCUT2D eigenvalue weighted by Gasteiger charge is -2.45. The molecule has 2 aromatic carbocycles. The molecule has 6 heteroatoms. The molecule has 6 nitrogen and oxygen atoms in total. The highest BCUT2D eigenvalue weighted by molar-refractivity contribution is 6.00. The molecule has 0 aliphatic heterocycles. The number of rotatable bonds is 3. The van der Waals surface area contributed by atoms with Crippen molar-refractivity contribution in [2.24, 2.45) is 11.8 Å². The van der Waals surface area contributed by atoms with Crippen LogP contribution in [0.3, 0.4) is 0 Å². The molecule has 3 atom stereocenters. The first-order valence-electron chi connectivity index (χ1n) is 11.0. The van der Waals surface area contributed by atoms with Crippen molar-refractivity contribution in [2.45, 2.75) is 32.1 Å². The van der Waals surface area contributed by atoms with Crippen LogP contribution in [0.25, 0.3) is 21.8 Å². The van der Waals surface area contributed by atoms with Gasteiger partial charge in [0.05, 0.1) is 29.2 Å². The third kappa shape index (κ3) is 3.12. The molecule has 0 bridgehead atoms. The van der Waals surface area contributed by atoms with Gasteiger partial charge in [0.1, 0.15) is 0 Å². The number of carboxylic acid groups (broad SMARTS) is 1. The maximum absolute atomic E-state index is 12.8. The van der Waals surface area contributed by atoms with Crippen LogP contribution in [-0.4, -0.2) is 26.6 Å². The van der Waals surface area contributed by atoms with Crippen LogP contribution in [0.5, 0.6) is 0 Å². The number of nitrogens with zero attached hydrogens (tertiary/aromatic N) is 3. The van der Waals surface area contributed by atoms with E-state index in [4.69, 9.17) is 11.7 Å². The molecule has 0 radical (unpaired) electrons. The first-order chi connectivity index (χ1) is 15.8. The molecule has 164 valence electrons. The largest absolute Gasteiger partial charge is 0.478 e. The van der Waals surface area contributed by atoms with Gasteiger partial charge < -0.3 is 9.90 Å². The van der Waals surface area contributed by atoms with Crippen molar-refractivity contribution < 1.29 is 14.7 Å². The van der Waals surface area contributed by atoms with Crippen molar-refractivity contribution >= 4 is 11.8 Å². The van der Waals surface area contributed by atoms with Crippen molar-refractivity contribution in [3.05, 3.63) is 94.6 Å². The van der Waals surface area contributed by atoms with E-state index in [0.29, 0.717) is 0 Å². The second-order valence-corrected chi connectivity index (χ2v) is 9.03. The summed E-state index contributed by atoms with van der Waals surface area (Å²) in [6, 6.07) is 16.7. The van der Waals surface area contributed by atoms with Crippen molar-refractivity contribution in [3.8, 4) is 16.9 Å². The number of carbonyl (C=O) groups excluding carboxylic acids is 1. The van der Waals surface area contributed by atoms with E-state index < -0.39 is 11.4 Å². The van der Waals surface area contributed by atoms with Gasteiger partial charge in [0.2, 0.25) is 5.70 Å². The molecule has 1 aromatic heterocycles. The minimum Gasteiger partial charge on any atom is -0.478 e. The molecule has 0 saturated heterocycles. The van der Waals surface area contributed by atoms with Crippen molar-refractivity contribution in [2.75, 3.05) is 0 Å². The van der Waals surface area contributed by atoms with Crippen LogP contribution >= 0.6 is 0 Å². The number of aromatic carboxylic acids is 1. The molecule has 1 N–H and O–H groups in total. The Balaban J connectivity index is 1.79. The maximum atomic E-state index is 12.8. The van der Waals surface area contributed by atoms with E-state index in [0.717, 1.165) is 41.0 Å². The Morgan fingerprint density at radius 3 is 2.52 bits per heavy atom. The fourth-order valence-electron chi connectivity index (χ4n) is 5.58. The molecule has 5 rings (SSSR count). The molecule has 3 aromatic rings. The van der Waals surface area contributed by atoms with Crippen LogP contribution < -0.4 is 0 Å². The highest BCUT2D eigenvalue weighted by Gasteiger charge is 2.50. The average Bonchev–Trinajstić information content (AvgIpc) is 3.23. The summed E-state index contributed by atoms with van der Waals surface area (Å²) in [7, 11) is 0. The predicted octanol–water partition coefficient (Wildman–Crippen LogP) is 5.08. The zero-order chi connectivity index (χ0) is 23.3. The third-order valence-corrected chi connectivity index (χ3v) is 7.20. The van der Waals surface area contributed by atoms with Gasteiger partial charge >= 0.3 is 5.97 Å². The van der Waals surface area contributed by atoms with Crippen molar-refractivity contribution in [1.82, 2.24) is 9.78 Å². The summed E-state index contributed by atoms with van der Waals surface area (Å²) in [6.45, 7) is 11.6. The van der Waals surface area contributed by atoms with E-state index in [-0.39, 0.29) is 28.9 Å². The summed E-state index contributed by atoms with van der Waals surface area (Å²) >= 11 is 0. The first-order valence-corrected chi connectivity index (χ1v) is 11.0. The number of fused-ring (bicyclic) bond motifs is 3. The summed E-state index contributed by atoms with van der Waals surface area (Å²) in [5.41, 5.74) is 4.57. The zero-order valence-electron chi connectivity index (χ0n) is 18.4. The summed E-state index contributed by atoms with van der Waals surface area (Å²) in [5.74, 6) is -1.27. The predicted molar refractivity (Wildman–Crippen MR) is 124 cm³/mol. The fraction of sp³-hybridized carbons (Fsp3) is 0.259. The maximum Gasteiger partial charge on any atom is 0.335 e. The molecule has 2 aliphatic rings. The Kier molecular flexibility index (Phi) is 4.79. The quantitative estimate of drug-likeness (QED) is 0.580. The Morgan fingerprint density at radius 2 is 1.88 bits per heavy atom. The lowest BCUT2D eigenvalue weighted by atomic mass is 9.58. The number of Topliss-reactive ketones (excluding diaryl/α,β-unsaturated/α-hetero) is 1. The van der Waals surface area contributed by atoms with Crippen LogP contribution in [0.1, 0.15) is 41.9 Å². The molecule has 0 spiro atoms. The Bertz CT molecular complexity index is 1350. The van der Waals surface area contributed by atoms with Gasteiger partial charge in [-0.05, 0) is 43.0 Å². The number of carboxylic acids is 1. The molecule has 0 fully saturated rings. The molecule has 0 unspecified atom stereocenters. The van der Waals surface area contributed by atoms with E-state index in [1.54, 1.807) is 24.3 Å². The van der Waals surface area contributed by atoms with E-state index in [9.17, 15) is 14.7 Å². The highest BCUT2D eigenvalue weighted by atomic mass is 16.4. The second-order valence-electron chi connectivity index (χ2n) is 9.03. The SMILES string of the molecule is [C-]#[N+]C1=C[C@@]2(C)c3c(c(-c4ccccc4)nn3-c3ccc(C(=O)O)cc3)CC[C@@H]2[C@@H](C)C1=O. The Morgan fingerprint density at radius 1 is 1.18 bits per heavy atom. The summed E-state index contributed by atoms with van der Waals surface area (Å²) in [5, 5.41) is 14.3. The minimum atomic E-state index is -0.981. The van der Waals surface area contributed by atoms with Gasteiger partial charge in [-0.2, -0.15) is 5.10 Å². The summed E-state index contributed by atoms with van der Waals surface area (Å²) < 4.78 is 1.88. The number of allylic oxidation sites excluding steroid dienone is 2. The minimum absolute atomic E-state index is 0.0559. The number of benzene rings is 2. The van der Waals surface area contributed by atoms with Gasteiger partial charge in [0, 0.05) is 22.5 Å². The average molecular weight is 437 g/mol. The molecule has 0 saturated carbocycles. The molecule has 0 amide bonds. The third-order valence-electron chi connectivity index (χ3n) is 7.20. The van der Waals surface area contributed by atoms with Crippen LogP contribution in [0.2, 0.25) is 0 Å². The van der Waals surface area contributed by atoms with Gasteiger partial charge in [-0.25, -0.2) is 14.3 Å². The van der Waals surface area contributed by atoms with Gasteiger partial charge in [-0.1, -0.05) is 50.3 Å². The van der Waals surface area contributed by atoms with E-state index in [2.05, 4.69) is 11.8 Å². The van der Waals surface area contributed by atoms with Crippen LogP contribution in [0.4, 0.5) is 0 Å². The first kappa shape index (κ1) is 20.9. The zero-order valence-corrected chi connectivity index (χ0v) is 18.4. The number of carbonyl (C=O) groups is 2. The molecule has 2 aliphatic carbocycles. The van der Waals surface area contributed by atoms with E-state index >= 15 is 0 Å². The summed E-state index contributed by atoms with van der Waals surface area (Å²) in [4.78, 5) is 27.7. The van der Waals surface area contributed by atoms with Crippen LogP contribution in [0.15, 0.2) is 66.4 Å². The monoisotopic (exact) mass is 437 g/mol. The number of aromatic nitrogens is 2. The topological polar surface area (TPSA) is 76.6 Å². The number of hydrogen-bond donors (Lipinski definition) is 1. The molecular formula is C27H23N3O3. The van der Waals surface area contributed by atoms with Crippen LogP contribution in [0, 0.1) is 18.4 Å².